The largest absolute Gasteiger partial charge is 0.356 e. The van der Waals surface area contributed by atoms with Crippen LogP contribution in [0.2, 0.25) is 0 Å². The van der Waals surface area contributed by atoms with Crippen molar-refractivity contribution in [1.29, 1.82) is 0 Å². The molecule has 3 nitrogen and oxygen atoms in total. The van der Waals surface area contributed by atoms with Crippen molar-refractivity contribution >= 4 is 17.6 Å². The van der Waals surface area contributed by atoms with Crippen LogP contribution in [0.1, 0.15) is 17.5 Å². The lowest BCUT2D eigenvalue weighted by molar-refractivity contribution is 0.785. The second-order valence-electron chi connectivity index (χ2n) is 4.47. The molecular weight excluding hydrogens is 230 g/mol. The molecule has 1 fully saturated rings. The molecule has 1 aromatic heterocycles. The Bertz CT molecular complexity index is 360. The van der Waals surface area contributed by atoms with E-state index in [0.29, 0.717) is 0 Å². The van der Waals surface area contributed by atoms with E-state index in [1.54, 1.807) is 0 Å². The molecule has 1 N–H and O–H groups in total. The normalized spacial score (nSPS) is 16.9. The van der Waals surface area contributed by atoms with Crippen molar-refractivity contribution in [2.75, 3.05) is 36.5 Å². The molecule has 1 saturated heterocycles. The maximum Gasteiger partial charge on any atom is 0.131 e. The SMILES string of the molecule is CNCc1cnc(N2CCCSCC2)c(C)c1. The van der Waals surface area contributed by atoms with E-state index in [-0.39, 0.29) is 0 Å². The van der Waals surface area contributed by atoms with E-state index in [0.717, 1.165) is 19.6 Å². The van der Waals surface area contributed by atoms with Gasteiger partial charge < -0.3 is 10.2 Å². The first-order valence-electron chi connectivity index (χ1n) is 6.24. The van der Waals surface area contributed by atoms with Gasteiger partial charge in [-0.1, -0.05) is 0 Å². The Balaban J connectivity index is 2.14. The van der Waals surface area contributed by atoms with Gasteiger partial charge in [0.25, 0.3) is 0 Å². The Morgan fingerprint density at radius 2 is 2.29 bits per heavy atom. The Hall–Kier alpha value is -0.740. The summed E-state index contributed by atoms with van der Waals surface area (Å²) >= 11 is 2.05. The molecule has 0 bridgehead atoms. The fourth-order valence-corrected chi connectivity index (χ4v) is 3.10. The third kappa shape index (κ3) is 3.36. The highest BCUT2D eigenvalue weighted by Crippen LogP contribution is 2.21. The standard InChI is InChI=1S/C13H21N3S/c1-11-8-12(9-14-2)10-15-13(11)16-4-3-6-17-7-5-16/h8,10,14H,3-7,9H2,1-2H3. The predicted molar refractivity (Wildman–Crippen MR) is 75.9 cm³/mol. The molecular formula is C13H21N3S. The zero-order valence-electron chi connectivity index (χ0n) is 10.7. The van der Waals surface area contributed by atoms with Crippen molar-refractivity contribution in [3.05, 3.63) is 23.4 Å². The van der Waals surface area contributed by atoms with Gasteiger partial charge in [-0.15, -0.1) is 0 Å². The van der Waals surface area contributed by atoms with Crippen molar-refractivity contribution in [1.82, 2.24) is 10.3 Å². The number of hydrogen-bond acceptors (Lipinski definition) is 4. The molecule has 1 aliphatic heterocycles. The first-order valence-corrected chi connectivity index (χ1v) is 7.39. The fraction of sp³-hybridized carbons (Fsp3) is 0.615. The summed E-state index contributed by atoms with van der Waals surface area (Å²) in [5.74, 6) is 3.68. The Morgan fingerprint density at radius 1 is 1.41 bits per heavy atom. The maximum absolute atomic E-state index is 4.64. The summed E-state index contributed by atoms with van der Waals surface area (Å²) in [7, 11) is 1.97. The third-order valence-corrected chi connectivity index (χ3v) is 4.06. The molecule has 0 spiro atoms. The van der Waals surface area contributed by atoms with Crippen LogP contribution >= 0.6 is 11.8 Å². The molecule has 2 rings (SSSR count). The van der Waals surface area contributed by atoms with Crippen molar-refractivity contribution < 1.29 is 0 Å². The van der Waals surface area contributed by atoms with Crippen LogP contribution in [-0.2, 0) is 6.54 Å². The summed E-state index contributed by atoms with van der Waals surface area (Å²) in [6.45, 7) is 5.33. The van der Waals surface area contributed by atoms with Crippen molar-refractivity contribution in [2.24, 2.45) is 0 Å². The van der Waals surface area contributed by atoms with E-state index < -0.39 is 0 Å². The predicted octanol–water partition coefficient (Wildman–Crippen LogP) is 2.05. The van der Waals surface area contributed by atoms with E-state index >= 15 is 0 Å². The van der Waals surface area contributed by atoms with Crippen LogP contribution in [0.15, 0.2) is 12.3 Å². The van der Waals surface area contributed by atoms with Crippen LogP contribution in [0.4, 0.5) is 5.82 Å². The van der Waals surface area contributed by atoms with Crippen molar-refractivity contribution in [3.8, 4) is 0 Å². The summed E-state index contributed by atoms with van der Waals surface area (Å²) in [6.07, 6.45) is 3.26. The number of pyridine rings is 1. The highest BCUT2D eigenvalue weighted by atomic mass is 32.2. The number of anilines is 1. The summed E-state index contributed by atoms with van der Waals surface area (Å²) in [6, 6.07) is 2.25. The van der Waals surface area contributed by atoms with Gasteiger partial charge in [-0.3, -0.25) is 0 Å². The molecule has 0 aliphatic carbocycles. The molecule has 0 radical (unpaired) electrons. The molecule has 1 aromatic rings. The number of thioether (sulfide) groups is 1. The average molecular weight is 251 g/mol. The van der Waals surface area contributed by atoms with E-state index in [9.17, 15) is 0 Å². The Morgan fingerprint density at radius 3 is 3.06 bits per heavy atom. The smallest absolute Gasteiger partial charge is 0.131 e. The topological polar surface area (TPSA) is 28.2 Å². The lowest BCUT2D eigenvalue weighted by Gasteiger charge is -2.23. The van der Waals surface area contributed by atoms with Gasteiger partial charge in [0.15, 0.2) is 0 Å². The first kappa shape index (κ1) is 12.7. The molecule has 0 saturated carbocycles. The number of hydrogen-bond donors (Lipinski definition) is 1. The van der Waals surface area contributed by atoms with E-state index in [1.807, 2.05) is 13.2 Å². The van der Waals surface area contributed by atoms with Crippen LogP contribution in [0, 0.1) is 6.92 Å². The molecule has 4 heteroatoms. The number of aromatic nitrogens is 1. The highest BCUT2D eigenvalue weighted by molar-refractivity contribution is 7.99. The Kier molecular flexibility index (Phi) is 4.68. The van der Waals surface area contributed by atoms with Gasteiger partial charge >= 0.3 is 0 Å². The second-order valence-corrected chi connectivity index (χ2v) is 5.69. The number of nitrogens with one attached hydrogen (secondary N) is 1. The zero-order valence-corrected chi connectivity index (χ0v) is 11.5. The molecule has 17 heavy (non-hydrogen) atoms. The van der Waals surface area contributed by atoms with Gasteiger partial charge in [0, 0.05) is 31.6 Å². The lowest BCUT2D eigenvalue weighted by atomic mass is 10.2. The monoisotopic (exact) mass is 251 g/mol. The van der Waals surface area contributed by atoms with Crippen LogP contribution in [0.3, 0.4) is 0 Å². The molecule has 0 unspecified atom stereocenters. The molecule has 0 amide bonds. The molecule has 2 heterocycles. The summed E-state index contributed by atoms with van der Waals surface area (Å²) in [4.78, 5) is 7.07. The highest BCUT2D eigenvalue weighted by Gasteiger charge is 2.13. The number of nitrogens with zero attached hydrogens (tertiary/aromatic N) is 2. The third-order valence-electron chi connectivity index (χ3n) is 3.01. The maximum atomic E-state index is 4.64. The number of rotatable bonds is 3. The molecule has 0 aromatic carbocycles. The van der Waals surface area contributed by atoms with Crippen LogP contribution < -0.4 is 10.2 Å². The minimum atomic E-state index is 0.893. The Labute approximate surface area is 108 Å². The summed E-state index contributed by atoms with van der Waals surface area (Å²) < 4.78 is 0. The van der Waals surface area contributed by atoms with Crippen LogP contribution in [0.25, 0.3) is 0 Å². The molecule has 0 atom stereocenters. The second kappa shape index (κ2) is 6.26. The van der Waals surface area contributed by atoms with Crippen LogP contribution in [-0.4, -0.2) is 36.6 Å². The van der Waals surface area contributed by atoms with Gasteiger partial charge in [-0.05, 0) is 43.3 Å². The average Bonchev–Trinajstić information content (AvgIpc) is 2.58. The minimum Gasteiger partial charge on any atom is -0.356 e. The van der Waals surface area contributed by atoms with Crippen LogP contribution in [0.5, 0.6) is 0 Å². The van der Waals surface area contributed by atoms with Gasteiger partial charge in [-0.2, -0.15) is 11.8 Å². The summed E-state index contributed by atoms with van der Waals surface area (Å²) in [5, 5.41) is 3.16. The zero-order chi connectivity index (χ0) is 12.1. The number of aryl methyl sites for hydroxylation is 1. The fourth-order valence-electron chi connectivity index (χ4n) is 2.22. The first-order chi connectivity index (χ1) is 8.31. The quantitative estimate of drug-likeness (QED) is 0.890. The van der Waals surface area contributed by atoms with Gasteiger partial charge in [0.1, 0.15) is 5.82 Å². The summed E-state index contributed by atoms with van der Waals surface area (Å²) in [5.41, 5.74) is 2.56. The van der Waals surface area contributed by atoms with Gasteiger partial charge in [-0.25, -0.2) is 4.98 Å². The van der Waals surface area contributed by atoms with Crippen molar-refractivity contribution in [2.45, 2.75) is 19.9 Å². The van der Waals surface area contributed by atoms with E-state index in [2.05, 4.69) is 40.0 Å². The minimum absolute atomic E-state index is 0.893. The van der Waals surface area contributed by atoms with E-state index in [1.165, 1.54) is 34.9 Å². The van der Waals surface area contributed by atoms with Gasteiger partial charge in [0.2, 0.25) is 0 Å². The van der Waals surface area contributed by atoms with E-state index in [4.69, 9.17) is 0 Å². The lowest BCUT2D eigenvalue weighted by Crippen LogP contribution is -2.27. The molecule has 94 valence electrons. The van der Waals surface area contributed by atoms with Gasteiger partial charge in [0.05, 0.1) is 0 Å². The van der Waals surface area contributed by atoms with Crippen molar-refractivity contribution in [3.63, 3.8) is 0 Å². The molecule has 1 aliphatic rings.